The van der Waals surface area contributed by atoms with Crippen LogP contribution < -0.4 is 0 Å². The first-order chi connectivity index (χ1) is 11.9. The molecule has 0 saturated carbocycles. The third-order valence-electron chi connectivity index (χ3n) is 4.78. The molecule has 0 radical (unpaired) electrons. The van der Waals surface area contributed by atoms with Crippen molar-refractivity contribution in [3.63, 3.8) is 0 Å². The Kier molecular flexibility index (Phi) is 17.5. The largest absolute Gasteiger partial charge is 0.748 e. The first-order valence-corrected chi connectivity index (χ1v) is 10.3. The molecule has 0 N–H and O–H groups in total. The van der Waals surface area contributed by atoms with E-state index in [4.69, 9.17) is 0 Å². The quantitative estimate of drug-likeness (QED) is 0.197. The monoisotopic (exact) mass is 382 g/mol. The molecule has 0 fully saturated rings. The molecule has 1 atom stereocenters. The summed E-state index contributed by atoms with van der Waals surface area (Å²) < 4.78 is 0. The summed E-state index contributed by atoms with van der Waals surface area (Å²) in [6.07, 6.45) is 15.5. The second-order valence-electron chi connectivity index (χ2n) is 6.93. The van der Waals surface area contributed by atoms with Crippen LogP contribution in [0.15, 0.2) is 54.6 Å². The van der Waals surface area contributed by atoms with Gasteiger partial charge >= 0.3 is 0 Å². The number of rotatable bonds is 12. The van der Waals surface area contributed by atoms with Gasteiger partial charge in [0.25, 0.3) is 0 Å². The van der Waals surface area contributed by atoms with Crippen LogP contribution in [0.2, 0.25) is 0 Å². The third kappa shape index (κ3) is 13.1. The fraction of sp³-hybridized carbons (Fsp3) is 0.583. The van der Waals surface area contributed by atoms with Crippen LogP contribution in [-0.2, 0) is 17.1 Å². The van der Waals surface area contributed by atoms with Gasteiger partial charge in [0.1, 0.15) is 0 Å². The maximum Gasteiger partial charge on any atom is 0 e. The van der Waals surface area contributed by atoms with E-state index >= 15 is 0 Å². The first-order valence-electron chi connectivity index (χ1n) is 10.3. The van der Waals surface area contributed by atoms with E-state index in [0.29, 0.717) is 0 Å². The molecule has 25 heavy (non-hydrogen) atoms. The Labute approximate surface area is 167 Å². The minimum absolute atomic E-state index is 0. The van der Waals surface area contributed by atoms with Gasteiger partial charge in [-0.3, -0.25) is 0 Å². The fourth-order valence-corrected chi connectivity index (χ4v) is 3.26. The van der Waals surface area contributed by atoms with Crippen molar-refractivity contribution in [2.24, 2.45) is 0 Å². The van der Waals surface area contributed by atoms with Crippen LogP contribution in [0, 0.1) is 0 Å². The van der Waals surface area contributed by atoms with Gasteiger partial charge in [0.2, 0.25) is 0 Å². The van der Waals surface area contributed by atoms with Gasteiger partial charge in [-0.1, -0.05) is 90.4 Å². The normalized spacial score (nSPS) is 11.3. The summed E-state index contributed by atoms with van der Waals surface area (Å²) in [5.41, 5.74) is 1.58. The topological polar surface area (TPSA) is 0 Å². The molecular weight excluding hydrogens is 344 g/mol. The second kappa shape index (κ2) is 18.0. The van der Waals surface area contributed by atoms with E-state index in [1.165, 1.54) is 70.6 Å². The van der Waals surface area contributed by atoms with Gasteiger partial charge in [-0.2, -0.15) is 17.7 Å². The van der Waals surface area contributed by atoms with E-state index in [-0.39, 0.29) is 17.1 Å². The van der Waals surface area contributed by atoms with Crippen molar-refractivity contribution >= 4 is 0 Å². The Morgan fingerprint density at radius 3 is 1.60 bits per heavy atom. The van der Waals surface area contributed by atoms with Crippen molar-refractivity contribution < 1.29 is 17.1 Å². The van der Waals surface area contributed by atoms with Gasteiger partial charge in [-0.25, -0.2) is 12.1 Å². The Morgan fingerprint density at radius 1 is 0.640 bits per heavy atom. The summed E-state index contributed by atoms with van der Waals surface area (Å²) >= 11 is 0. The first kappa shape index (κ1) is 24.2. The summed E-state index contributed by atoms with van der Waals surface area (Å²) in [5.74, 6) is 0.825. The molecule has 0 bridgehead atoms. The van der Waals surface area contributed by atoms with Gasteiger partial charge in [0, 0.05) is 17.1 Å². The molecule has 0 spiro atoms. The van der Waals surface area contributed by atoms with E-state index in [0.717, 1.165) is 5.92 Å². The van der Waals surface area contributed by atoms with Crippen LogP contribution in [0.3, 0.4) is 0 Å². The summed E-state index contributed by atoms with van der Waals surface area (Å²) in [4.78, 5) is 0. The van der Waals surface area contributed by atoms with Crippen molar-refractivity contribution in [2.45, 2.75) is 90.4 Å². The predicted molar refractivity (Wildman–Crippen MR) is 109 cm³/mol. The Morgan fingerprint density at radius 2 is 1.08 bits per heavy atom. The van der Waals surface area contributed by atoms with Gasteiger partial charge in [0.05, 0.1) is 0 Å². The van der Waals surface area contributed by atoms with Crippen molar-refractivity contribution in [1.82, 2.24) is 0 Å². The minimum atomic E-state index is 0. The van der Waals surface area contributed by atoms with E-state index < -0.39 is 0 Å². The molecule has 0 amide bonds. The van der Waals surface area contributed by atoms with Crippen LogP contribution in [-0.4, -0.2) is 0 Å². The van der Waals surface area contributed by atoms with E-state index in [1.54, 1.807) is 5.56 Å². The van der Waals surface area contributed by atoms with Crippen LogP contribution >= 0.6 is 0 Å². The van der Waals surface area contributed by atoms with Crippen LogP contribution in [0.5, 0.6) is 0 Å². The molecule has 2 aromatic carbocycles. The zero-order chi connectivity index (χ0) is 17.3. The summed E-state index contributed by atoms with van der Waals surface area (Å²) in [6, 6.07) is 19.0. The summed E-state index contributed by atoms with van der Waals surface area (Å²) in [6.45, 7) is 4.59. The molecule has 0 aliphatic carbocycles. The molecule has 2 aromatic rings. The van der Waals surface area contributed by atoms with Crippen LogP contribution in [0.25, 0.3) is 0 Å². The fourth-order valence-electron chi connectivity index (χ4n) is 3.26. The van der Waals surface area contributed by atoms with Crippen molar-refractivity contribution in [1.29, 1.82) is 0 Å². The van der Waals surface area contributed by atoms with Gasteiger partial charge < -0.3 is 30.3 Å². The molecule has 0 aromatic heterocycles. The molecule has 0 nitrogen and oxygen atoms in total. The number of hydrogen-bond acceptors (Lipinski definition) is 0. The molecule has 1 heteroatoms. The van der Waals surface area contributed by atoms with Crippen molar-refractivity contribution in [3.05, 3.63) is 60.2 Å². The smallest absolute Gasteiger partial charge is 0 e. The van der Waals surface area contributed by atoms with Gasteiger partial charge in [0.15, 0.2) is 0 Å². The molecular formula is C24H38Fe-6. The summed E-state index contributed by atoms with van der Waals surface area (Å²) in [5, 5.41) is 0. The van der Waals surface area contributed by atoms with E-state index in [1.807, 2.05) is 30.3 Å². The third-order valence-corrected chi connectivity index (χ3v) is 4.78. The summed E-state index contributed by atoms with van der Waals surface area (Å²) in [7, 11) is 0. The number of hydrogen-bond donors (Lipinski definition) is 0. The average Bonchev–Trinajstić information content (AvgIpc) is 3.33. The molecule has 1 unspecified atom stereocenters. The molecule has 0 aliphatic heterocycles. The standard InChI is InChI=1S/C19H33.C5H5.Fe/c1-3-5-7-8-9-10-11-15-18(14-6-4-2)19-16-12-13-17-19;1-2-4-5-3-1;/h12-13,16-18H,3-11,14-15H2,1-2H3;1-5H;/q-1;-5;. The Balaban J connectivity index is 0.000000820. The average molecular weight is 382 g/mol. The minimum Gasteiger partial charge on any atom is -0.748 e. The van der Waals surface area contributed by atoms with Crippen LogP contribution in [0.4, 0.5) is 0 Å². The second-order valence-corrected chi connectivity index (χ2v) is 6.93. The maximum atomic E-state index is 2.32. The maximum absolute atomic E-state index is 2.32. The Hall–Kier alpha value is -0.781. The van der Waals surface area contributed by atoms with Crippen molar-refractivity contribution in [3.8, 4) is 0 Å². The van der Waals surface area contributed by atoms with Gasteiger partial charge in [-0.15, -0.1) is 0 Å². The van der Waals surface area contributed by atoms with E-state index in [2.05, 4.69) is 38.1 Å². The molecule has 0 aliphatic rings. The Bertz CT molecular complexity index is 409. The SMILES string of the molecule is CCCCCCCCCC(CCCC)[c-]1cccc1.[Fe].[cH-]1[cH-][cH-][cH-][cH-]1. The molecule has 0 saturated heterocycles. The molecule has 148 valence electrons. The zero-order valence-electron chi connectivity index (χ0n) is 16.4. The number of unbranched alkanes of at least 4 members (excludes halogenated alkanes) is 7. The van der Waals surface area contributed by atoms with Crippen LogP contribution in [0.1, 0.15) is 96.0 Å². The predicted octanol–water partition coefficient (Wildman–Crippen LogP) is 8.22. The zero-order valence-corrected chi connectivity index (χ0v) is 17.5. The molecule has 0 heterocycles. The van der Waals surface area contributed by atoms with Gasteiger partial charge in [-0.05, 0) is 0 Å². The van der Waals surface area contributed by atoms with E-state index in [9.17, 15) is 0 Å². The molecule has 2 rings (SSSR count). The van der Waals surface area contributed by atoms with Crippen molar-refractivity contribution in [2.75, 3.05) is 0 Å².